The molecule has 0 aliphatic rings. The van der Waals surface area contributed by atoms with Crippen LogP contribution in [0.4, 0.5) is 0 Å². The Kier molecular flexibility index (Phi) is 5.25. The van der Waals surface area contributed by atoms with Crippen LogP contribution in [0.2, 0.25) is 5.02 Å². The van der Waals surface area contributed by atoms with Gasteiger partial charge < -0.3 is 5.32 Å². The van der Waals surface area contributed by atoms with Gasteiger partial charge in [-0.05, 0) is 71.8 Å². The number of hydrogen-bond acceptors (Lipinski definition) is 1. The fraction of sp³-hybridized carbons (Fsp3) is 0.250. The molecule has 0 heterocycles. The molecule has 0 fully saturated rings. The molecule has 0 saturated carbocycles. The summed E-state index contributed by atoms with van der Waals surface area (Å²) in [7, 11) is 1.98. The SMILES string of the molecule is CNC(Cc1ccc(I)cc1)c1cccc(C)c1Cl. The van der Waals surface area contributed by atoms with Crippen LogP contribution in [0.5, 0.6) is 0 Å². The van der Waals surface area contributed by atoms with Gasteiger partial charge in [0.1, 0.15) is 0 Å². The van der Waals surface area contributed by atoms with Gasteiger partial charge in [0.2, 0.25) is 0 Å². The average molecular weight is 386 g/mol. The molecule has 2 aromatic carbocycles. The van der Waals surface area contributed by atoms with Crippen molar-refractivity contribution >= 4 is 34.2 Å². The van der Waals surface area contributed by atoms with E-state index < -0.39 is 0 Å². The van der Waals surface area contributed by atoms with E-state index in [9.17, 15) is 0 Å². The second-order valence-corrected chi connectivity index (χ2v) is 6.27. The van der Waals surface area contributed by atoms with Crippen molar-refractivity contribution in [2.45, 2.75) is 19.4 Å². The first-order chi connectivity index (χ1) is 9.11. The molecule has 3 heteroatoms. The molecule has 2 rings (SSSR count). The first-order valence-electron chi connectivity index (χ1n) is 6.28. The molecule has 100 valence electrons. The van der Waals surface area contributed by atoms with Crippen LogP contribution in [0.1, 0.15) is 22.7 Å². The third kappa shape index (κ3) is 3.71. The van der Waals surface area contributed by atoms with Gasteiger partial charge in [0.05, 0.1) is 0 Å². The van der Waals surface area contributed by atoms with Gasteiger partial charge in [0.25, 0.3) is 0 Å². The number of hydrogen-bond donors (Lipinski definition) is 1. The minimum Gasteiger partial charge on any atom is -0.313 e. The lowest BCUT2D eigenvalue weighted by Gasteiger charge is -2.19. The van der Waals surface area contributed by atoms with E-state index in [2.05, 4.69) is 64.3 Å². The Labute approximate surface area is 133 Å². The number of aryl methyl sites for hydroxylation is 1. The van der Waals surface area contributed by atoms with Gasteiger partial charge >= 0.3 is 0 Å². The third-order valence-corrected chi connectivity index (χ3v) is 4.53. The summed E-state index contributed by atoms with van der Waals surface area (Å²) in [4.78, 5) is 0. The van der Waals surface area contributed by atoms with Crippen LogP contribution in [0.25, 0.3) is 0 Å². The molecule has 0 spiro atoms. The van der Waals surface area contributed by atoms with Crippen LogP contribution in [0, 0.1) is 10.5 Å². The Morgan fingerprint density at radius 3 is 2.47 bits per heavy atom. The van der Waals surface area contributed by atoms with E-state index in [4.69, 9.17) is 11.6 Å². The van der Waals surface area contributed by atoms with E-state index in [1.165, 1.54) is 14.7 Å². The molecule has 0 aliphatic carbocycles. The second kappa shape index (κ2) is 6.73. The van der Waals surface area contributed by atoms with Crippen LogP contribution >= 0.6 is 34.2 Å². The Balaban J connectivity index is 2.25. The highest BCUT2D eigenvalue weighted by Gasteiger charge is 2.14. The van der Waals surface area contributed by atoms with Crippen LogP contribution in [0.15, 0.2) is 42.5 Å². The molecule has 1 nitrogen and oxygen atoms in total. The molecule has 1 atom stereocenters. The van der Waals surface area contributed by atoms with Crippen molar-refractivity contribution in [2.75, 3.05) is 7.05 Å². The Morgan fingerprint density at radius 2 is 1.84 bits per heavy atom. The quantitative estimate of drug-likeness (QED) is 0.749. The Bertz CT molecular complexity index is 551. The van der Waals surface area contributed by atoms with Crippen molar-refractivity contribution in [3.8, 4) is 0 Å². The van der Waals surface area contributed by atoms with E-state index >= 15 is 0 Å². The fourth-order valence-electron chi connectivity index (χ4n) is 2.16. The van der Waals surface area contributed by atoms with Crippen molar-refractivity contribution in [1.29, 1.82) is 0 Å². The topological polar surface area (TPSA) is 12.0 Å². The van der Waals surface area contributed by atoms with E-state index in [1.807, 2.05) is 20.0 Å². The molecule has 0 bridgehead atoms. The van der Waals surface area contributed by atoms with Crippen molar-refractivity contribution in [2.24, 2.45) is 0 Å². The summed E-state index contributed by atoms with van der Waals surface area (Å²) in [6, 6.07) is 15.1. The number of nitrogens with one attached hydrogen (secondary N) is 1. The van der Waals surface area contributed by atoms with Crippen LogP contribution in [0.3, 0.4) is 0 Å². The summed E-state index contributed by atoms with van der Waals surface area (Å²) in [5, 5.41) is 4.23. The monoisotopic (exact) mass is 385 g/mol. The summed E-state index contributed by atoms with van der Waals surface area (Å²) in [5.74, 6) is 0. The summed E-state index contributed by atoms with van der Waals surface area (Å²) >= 11 is 8.74. The molecule has 0 aromatic heterocycles. The molecule has 2 aromatic rings. The predicted octanol–water partition coefficient (Wildman–Crippen LogP) is 4.76. The summed E-state index contributed by atoms with van der Waals surface area (Å²) in [6.07, 6.45) is 0.941. The lowest BCUT2D eigenvalue weighted by molar-refractivity contribution is 0.592. The smallest absolute Gasteiger partial charge is 0.0483 e. The summed E-state index contributed by atoms with van der Waals surface area (Å²) in [5.41, 5.74) is 3.61. The van der Waals surface area contributed by atoms with Crippen LogP contribution < -0.4 is 5.32 Å². The van der Waals surface area contributed by atoms with Crippen molar-refractivity contribution in [3.05, 3.63) is 67.7 Å². The van der Waals surface area contributed by atoms with E-state index in [0.29, 0.717) is 0 Å². The maximum Gasteiger partial charge on any atom is 0.0483 e. The van der Waals surface area contributed by atoms with Crippen LogP contribution in [-0.2, 0) is 6.42 Å². The first kappa shape index (κ1) is 14.8. The zero-order valence-corrected chi connectivity index (χ0v) is 14.0. The molecule has 0 radical (unpaired) electrons. The zero-order chi connectivity index (χ0) is 13.8. The summed E-state index contributed by atoms with van der Waals surface area (Å²) in [6.45, 7) is 2.05. The molecule has 0 amide bonds. The molecular formula is C16H17ClIN. The number of likely N-dealkylation sites (N-methyl/N-ethyl adjacent to an activating group) is 1. The maximum atomic E-state index is 6.42. The molecule has 1 N–H and O–H groups in total. The number of rotatable bonds is 4. The largest absolute Gasteiger partial charge is 0.313 e. The molecule has 0 aliphatic heterocycles. The molecular weight excluding hydrogens is 369 g/mol. The van der Waals surface area contributed by atoms with Gasteiger partial charge in [-0.2, -0.15) is 0 Å². The van der Waals surface area contributed by atoms with E-state index in [-0.39, 0.29) is 6.04 Å². The van der Waals surface area contributed by atoms with Gasteiger partial charge in [-0.25, -0.2) is 0 Å². The number of benzene rings is 2. The van der Waals surface area contributed by atoms with Crippen molar-refractivity contribution in [3.63, 3.8) is 0 Å². The Morgan fingerprint density at radius 1 is 1.16 bits per heavy atom. The van der Waals surface area contributed by atoms with Crippen molar-refractivity contribution in [1.82, 2.24) is 5.32 Å². The van der Waals surface area contributed by atoms with Gasteiger partial charge in [-0.15, -0.1) is 0 Å². The standard InChI is InChI=1S/C16H17ClIN/c1-11-4-3-5-14(16(11)17)15(19-2)10-12-6-8-13(18)9-7-12/h3-9,15,19H,10H2,1-2H3. The summed E-state index contributed by atoms with van der Waals surface area (Å²) < 4.78 is 1.26. The molecule has 19 heavy (non-hydrogen) atoms. The van der Waals surface area contributed by atoms with Crippen LogP contribution in [-0.4, -0.2) is 7.05 Å². The van der Waals surface area contributed by atoms with Gasteiger partial charge in [-0.3, -0.25) is 0 Å². The highest BCUT2D eigenvalue weighted by atomic mass is 127. The maximum absolute atomic E-state index is 6.42. The lowest BCUT2D eigenvalue weighted by Crippen LogP contribution is -2.19. The predicted molar refractivity (Wildman–Crippen MR) is 90.9 cm³/mol. The van der Waals surface area contributed by atoms with E-state index in [1.54, 1.807) is 0 Å². The van der Waals surface area contributed by atoms with E-state index in [0.717, 1.165) is 17.0 Å². The van der Waals surface area contributed by atoms with Gasteiger partial charge in [0.15, 0.2) is 0 Å². The normalized spacial score (nSPS) is 12.4. The molecule has 1 unspecified atom stereocenters. The van der Waals surface area contributed by atoms with Crippen molar-refractivity contribution < 1.29 is 0 Å². The van der Waals surface area contributed by atoms with Gasteiger partial charge in [-0.1, -0.05) is 41.9 Å². The fourth-order valence-corrected chi connectivity index (χ4v) is 2.78. The third-order valence-electron chi connectivity index (χ3n) is 3.30. The Hall–Kier alpha value is -0.580. The number of halogens is 2. The average Bonchev–Trinajstić information content (AvgIpc) is 2.42. The lowest BCUT2D eigenvalue weighted by atomic mass is 9.97. The zero-order valence-electron chi connectivity index (χ0n) is 11.1. The van der Waals surface area contributed by atoms with Gasteiger partial charge in [0, 0.05) is 14.6 Å². The molecule has 0 saturated heterocycles. The highest BCUT2D eigenvalue weighted by Crippen LogP contribution is 2.28. The first-order valence-corrected chi connectivity index (χ1v) is 7.74. The highest BCUT2D eigenvalue weighted by molar-refractivity contribution is 14.1. The minimum absolute atomic E-state index is 0.243. The second-order valence-electron chi connectivity index (χ2n) is 4.65. The minimum atomic E-state index is 0.243.